The van der Waals surface area contributed by atoms with Crippen molar-refractivity contribution >= 4 is 17.7 Å². The van der Waals surface area contributed by atoms with Crippen LogP contribution in [0.15, 0.2) is 55.6 Å². The van der Waals surface area contributed by atoms with Gasteiger partial charge in [0, 0.05) is 39.3 Å². The molecule has 1 N–H and O–H groups in total. The van der Waals surface area contributed by atoms with E-state index in [-0.39, 0.29) is 36.8 Å². The fourth-order valence-electron chi connectivity index (χ4n) is 7.44. The zero-order chi connectivity index (χ0) is 29.8. The van der Waals surface area contributed by atoms with Crippen molar-refractivity contribution in [3.63, 3.8) is 0 Å². The summed E-state index contributed by atoms with van der Waals surface area (Å²) >= 11 is 0. The van der Waals surface area contributed by atoms with Gasteiger partial charge in [0.1, 0.15) is 11.6 Å². The summed E-state index contributed by atoms with van der Waals surface area (Å²) in [5, 5.41) is 9.65. The van der Waals surface area contributed by atoms with Crippen molar-refractivity contribution < 1.29 is 24.2 Å². The van der Waals surface area contributed by atoms with Gasteiger partial charge < -0.3 is 24.5 Å². The molecule has 0 radical (unpaired) electrons. The zero-order valence-corrected chi connectivity index (χ0v) is 25.0. The largest absolute Gasteiger partial charge is 0.396 e. The lowest BCUT2D eigenvalue weighted by atomic mass is 9.62. The number of amides is 3. The molecule has 8 heteroatoms. The topological polar surface area (TPSA) is 90.4 Å². The van der Waals surface area contributed by atoms with Crippen molar-refractivity contribution in [1.82, 2.24) is 14.7 Å². The van der Waals surface area contributed by atoms with E-state index in [1.54, 1.807) is 26.9 Å². The van der Waals surface area contributed by atoms with Crippen LogP contribution in [0.4, 0.5) is 0 Å². The number of benzene rings is 1. The van der Waals surface area contributed by atoms with E-state index in [0.717, 1.165) is 24.8 Å². The van der Waals surface area contributed by atoms with E-state index in [1.807, 2.05) is 37.3 Å². The van der Waals surface area contributed by atoms with Crippen LogP contribution in [0.2, 0.25) is 0 Å². The molecule has 4 rings (SSSR count). The Morgan fingerprint density at radius 3 is 2.41 bits per heavy atom. The molecular formula is C33H47N3O5. The number of rotatable bonds is 15. The first kappa shape index (κ1) is 31.0. The first-order valence-electron chi connectivity index (χ1n) is 15.1. The minimum atomic E-state index is -1.10. The fraction of sp³-hybridized carbons (Fsp3) is 0.606. The highest BCUT2D eigenvalue weighted by atomic mass is 16.5. The van der Waals surface area contributed by atoms with Crippen LogP contribution in [0, 0.1) is 17.8 Å². The van der Waals surface area contributed by atoms with Gasteiger partial charge in [-0.25, -0.2) is 0 Å². The normalized spacial score (nSPS) is 29.9. The van der Waals surface area contributed by atoms with E-state index in [4.69, 9.17) is 4.74 Å². The van der Waals surface area contributed by atoms with E-state index in [2.05, 4.69) is 27.0 Å². The van der Waals surface area contributed by atoms with Gasteiger partial charge in [0.25, 0.3) is 0 Å². The first-order valence-corrected chi connectivity index (χ1v) is 15.1. The molecule has 6 atom stereocenters. The number of carbonyl (C=O) groups excluding carboxylic acids is 3. The second kappa shape index (κ2) is 12.9. The SMILES string of the molecule is C=CCN(CCCCC)C(=O)C1N(CCCO)C(=O)[C@@H]2[C@H](C(=O)N(CC=C)Cc3ccccc3)[C@@]3(C)OC12CC3C. The Morgan fingerprint density at radius 1 is 1.10 bits per heavy atom. The summed E-state index contributed by atoms with van der Waals surface area (Å²) in [5.41, 5.74) is -1.00. The molecule has 2 bridgehead atoms. The predicted octanol–water partition coefficient (Wildman–Crippen LogP) is 3.80. The molecule has 3 amide bonds. The number of aliphatic hydroxyl groups is 1. The quantitative estimate of drug-likeness (QED) is 0.258. The summed E-state index contributed by atoms with van der Waals surface area (Å²) in [6.45, 7) is 15.7. The van der Waals surface area contributed by atoms with E-state index in [9.17, 15) is 19.5 Å². The van der Waals surface area contributed by atoms with Gasteiger partial charge in [-0.2, -0.15) is 0 Å². The van der Waals surface area contributed by atoms with Gasteiger partial charge in [-0.1, -0.05) is 69.2 Å². The number of unbranched alkanes of at least 4 members (excludes halogenated alkanes) is 2. The maximum absolute atomic E-state index is 14.5. The minimum absolute atomic E-state index is 0.0381. The Kier molecular flexibility index (Phi) is 9.75. The van der Waals surface area contributed by atoms with Crippen LogP contribution >= 0.6 is 0 Å². The Bertz CT molecular complexity index is 1130. The lowest BCUT2D eigenvalue weighted by molar-refractivity contribution is -0.155. The Balaban J connectivity index is 1.74. The lowest BCUT2D eigenvalue weighted by Crippen LogP contribution is -2.57. The van der Waals surface area contributed by atoms with Crippen LogP contribution in [0.1, 0.15) is 58.4 Å². The third-order valence-electron chi connectivity index (χ3n) is 9.44. The molecule has 0 aromatic heterocycles. The molecule has 3 aliphatic heterocycles. The maximum Gasteiger partial charge on any atom is 0.248 e. The van der Waals surface area contributed by atoms with Gasteiger partial charge in [0.15, 0.2) is 0 Å². The van der Waals surface area contributed by atoms with Crippen molar-refractivity contribution in [3.8, 4) is 0 Å². The molecule has 224 valence electrons. The third-order valence-corrected chi connectivity index (χ3v) is 9.44. The van der Waals surface area contributed by atoms with Crippen molar-refractivity contribution in [1.29, 1.82) is 0 Å². The van der Waals surface area contributed by atoms with Crippen LogP contribution in [0.3, 0.4) is 0 Å². The van der Waals surface area contributed by atoms with Crippen molar-refractivity contribution in [2.24, 2.45) is 17.8 Å². The number of likely N-dealkylation sites (tertiary alicyclic amines) is 1. The summed E-state index contributed by atoms with van der Waals surface area (Å²) in [5.74, 6) is -2.08. The molecule has 3 aliphatic rings. The standard InChI is InChI=1S/C33H47N3O5/c1-6-9-13-19-34(17-7-2)31(40)28-33-22-24(4)32(5,41-33)26(27(33)30(39)36(28)20-14-21-37)29(38)35(18-8-3)23-25-15-11-10-12-16-25/h7-8,10-12,15-16,24,26-28,37H,2-3,6,9,13-14,17-23H2,1,4-5H3/t24?,26-,27+,28?,32+,33?/m1/s1. The van der Waals surface area contributed by atoms with Gasteiger partial charge in [-0.3, -0.25) is 14.4 Å². The highest BCUT2D eigenvalue weighted by Crippen LogP contribution is 2.65. The highest BCUT2D eigenvalue weighted by Gasteiger charge is 2.80. The fourth-order valence-corrected chi connectivity index (χ4v) is 7.44. The van der Waals surface area contributed by atoms with Crippen LogP contribution in [0.25, 0.3) is 0 Å². The van der Waals surface area contributed by atoms with Crippen molar-refractivity contribution in [2.75, 3.05) is 32.8 Å². The lowest BCUT2D eigenvalue weighted by Gasteiger charge is -2.39. The summed E-state index contributed by atoms with van der Waals surface area (Å²) < 4.78 is 6.89. The summed E-state index contributed by atoms with van der Waals surface area (Å²) in [6, 6.07) is 8.92. The van der Waals surface area contributed by atoms with Crippen molar-refractivity contribution in [3.05, 3.63) is 61.2 Å². The van der Waals surface area contributed by atoms with E-state index in [1.165, 1.54) is 0 Å². The van der Waals surface area contributed by atoms with Crippen LogP contribution in [-0.2, 0) is 25.7 Å². The molecule has 0 saturated carbocycles. The summed E-state index contributed by atoms with van der Waals surface area (Å²) in [7, 11) is 0. The Hall–Kier alpha value is -2.97. The maximum atomic E-state index is 14.5. The molecule has 1 aromatic carbocycles. The molecule has 3 fully saturated rings. The van der Waals surface area contributed by atoms with Crippen LogP contribution in [0.5, 0.6) is 0 Å². The molecule has 1 spiro atoms. The van der Waals surface area contributed by atoms with Gasteiger partial charge in [0.2, 0.25) is 17.7 Å². The number of ether oxygens (including phenoxy) is 1. The van der Waals surface area contributed by atoms with E-state index < -0.39 is 29.1 Å². The molecule has 1 aromatic rings. The molecule has 41 heavy (non-hydrogen) atoms. The van der Waals surface area contributed by atoms with Gasteiger partial charge in [0.05, 0.1) is 17.4 Å². The second-order valence-electron chi connectivity index (χ2n) is 12.1. The van der Waals surface area contributed by atoms with Gasteiger partial charge >= 0.3 is 0 Å². The minimum Gasteiger partial charge on any atom is -0.396 e. The number of nitrogens with zero attached hydrogens (tertiary/aromatic N) is 3. The zero-order valence-electron chi connectivity index (χ0n) is 25.0. The molecule has 3 saturated heterocycles. The van der Waals surface area contributed by atoms with Gasteiger partial charge in [-0.15, -0.1) is 13.2 Å². The average molecular weight is 566 g/mol. The van der Waals surface area contributed by atoms with Crippen LogP contribution in [-0.4, -0.2) is 87.6 Å². The smallest absolute Gasteiger partial charge is 0.248 e. The Labute approximate surface area is 245 Å². The Morgan fingerprint density at radius 2 is 1.78 bits per heavy atom. The number of hydrogen-bond donors (Lipinski definition) is 1. The predicted molar refractivity (Wildman–Crippen MR) is 159 cm³/mol. The first-order chi connectivity index (χ1) is 19.7. The average Bonchev–Trinajstić information content (AvgIpc) is 3.47. The molecule has 8 nitrogen and oxygen atoms in total. The number of carbonyl (C=O) groups is 3. The van der Waals surface area contributed by atoms with E-state index in [0.29, 0.717) is 39.0 Å². The number of hydrogen-bond acceptors (Lipinski definition) is 5. The summed E-state index contributed by atoms with van der Waals surface area (Å²) in [4.78, 5) is 48.3. The number of fused-ring (bicyclic) bond motifs is 1. The van der Waals surface area contributed by atoms with E-state index >= 15 is 0 Å². The van der Waals surface area contributed by atoms with Gasteiger partial charge in [-0.05, 0) is 37.7 Å². The van der Waals surface area contributed by atoms with Crippen LogP contribution < -0.4 is 0 Å². The highest BCUT2D eigenvalue weighted by molar-refractivity contribution is 5.99. The monoisotopic (exact) mass is 565 g/mol. The summed E-state index contributed by atoms with van der Waals surface area (Å²) in [6.07, 6.45) is 7.17. The van der Waals surface area contributed by atoms with Crippen molar-refractivity contribution in [2.45, 2.75) is 76.7 Å². The number of aliphatic hydroxyl groups excluding tert-OH is 1. The third kappa shape index (κ3) is 5.48. The molecule has 3 unspecified atom stereocenters. The molecule has 3 heterocycles. The second-order valence-corrected chi connectivity index (χ2v) is 12.1. The molecule has 0 aliphatic carbocycles. The molecular weight excluding hydrogens is 518 g/mol.